The number of rotatable bonds is 9. The Morgan fingerprint density at radius 3 is 2.75 bits per heavy atom. The van der Waals surface area contributed by atoms with Gasteiger partial charge in [-0.25, -0.2) is 4.79 Å². The summed E-state index contributed by atoms with van der Waals surface area (Å²) in [5.41, 5.74) is 0.744. The first kappa shape index (κ1) is 16.0. The second-order valence-corrected chi connectivity index (χ2v) is 3.98. The van der Waals surface area contributed by atoms with Gasteiger partial charge in [0, 0.05) is 25.7 Å². The van der Waals surface area contributed by atoms with Crippen molar-refractivity contribution in [3.05, 3.63) is 29.8 Å². The lowest BCUT2D eigenvalue weighted by Gasteiger charge is -2.11. The Kier molecular flexibility index (Phi) is 7.21. The van der Waals surface area contributed by atoms with Gasteiger partial charge in [-0.1, -0.05) is 6.07 Å². The van der Waals surface area contributed by atoms with Crippen molar-refractivity contribution in [2.24, 2.45) is 0 Å². The molecule has 5 nitrogen and oxygen atoms in total. The fraction of sp³-hybridized carbons (Fsp3) is 0.400. The third kappa shape index (κ3) is 5.75. The van der Waals surface area contributed by atoms with Crippen LogP contribution in [0.2, 0.25) is 0 Å². The molecule has 0 radical (unpaired) electrons. The van der Waals surface area contributed by atoms with Gasteiger partial charge in [0.25, 0.3) is 0 Å². The fourth-order valence-electron chi connectivity index (χ4n) is 1.56. The van der Waals surface area contributed by atoms with Gasteiger partial charge >= 0.3 is 5.97 Å². The normalized spacial score (nSPS) is 10.7. The van der Waals surface area contributed by atoms with E-state index in [1.165, 1.54) is 6.08 Å². The van der Waals surface area contributed by atoms with Crippen LogP contribution in [-0.4, -0.2) is 38.0 Å². The van der Waals surface area contributed by atoms with Crippen molar-refractivity contribution in [2.45, 2.75) is 13.3 Å². The van der Waals surface area contributed by atoms with Gasteiger partial charge in [0.15, 0.2) is 11.5 Å². The molecule has 0 aromatic heterocycles. The molecule has 5 heteroatoms. The number of carboxylic acid groups (broad SMARTS) is 1. The largest absolute Gasteiger partial charge is 0.493 e. The average Bonchev–Trinajstić information content (AvgIpc) is 2.45. The lowest BCUT2D eigenvalue weighted by molar-refractivity contribution is -0.131. The Labute approximate surface area is 118 Å². The highest BCUT2D eigenvalue weighted by Crippen LogP contribution is 2.28. The quantitative estimate of drug-likeness (QED) is 0.556. The minimum absolute atomic E-state index is 0.516. The molecule has 1 aromatic rings. The minimum Gasteiger partial charge on any atom is -0.493 e. The van der Waals surface area contributed by atoms with E-state index >= 15 is 0 Å². The molecule has 0 atom stereocenters. The molecule has 0 fully saturated rings. The first-order valence-electron chi connectivity index (χ1n) is 6.47. The Morgan fingerprint density at radius 1 is 1.30 bits per heavy atom. The van der Waals surface area contributed by atoms with Gasteiger partial charge in [-0.3, -0.25) is 0 Å². The molecular weight excluding hydrogens is 260 g/mol. The van der Waals surface area contributed by atoms with Crippen LogP contribution in [0.1, 0.15) is 18.9 Å². The molecule has 0 saturated carbocycles. The van der Waals surface area contributed by atoms with E-state index in [0.717, 1.165) is 18.1 Å². The molecular formula is C15H20O5. The van der Waals surface area contributed by atoms with Gasteiger partial charge in [-0.15, -0.1) is 0 Å². The van der Waals surface area contributed by atoms with Crippen molar-refractivity contribution in [3.8, 4) is 11.5 Å². The van der Waals surface area contributed by atoms with Gasteiger partial charge in [0.1, 0.15) is 0 Å². The van der Waals surface area contributed by atoms with Crippen molar-refractivity contribution in [1.29, 1.82) is 0 Å². The number of aliphatic carboxylic acids is 1. The summed E-state index contributed by atoms with van der Waals surface area (Å²) in [4.78, 5) is 10.5. The highest BCUT2D eigenvalue weighted by Gasteiger charge is 2.05. The number of methoxy groups -OCH3 is 1. The summed E-state index contributed by atoms with van der Waals surface area (Å²) in [5, 5.41) is 8.61. The Hall–Kier alpha value is -2.01. The van der Waals surface area contributed by atoms with Crippen LogP contribution in [0.4, 0.5) is 0 Å². The summed E-state index contributed by atoms with van der Waals surface area (Å²) in [5.74, 6) is 0.227. The smallest absolute Gasteiger partial charge is 0.328 e. The van der Waals surface area contributed by atoms with E-state index in [4.69, 9.17) is 19.3 Å². The second kappa shape index (κ2) is 8.98. The molecule has 0 spiro atoms. The van der Waals surface area contributed by atoms with Crippen molar-refractivity contribution in [1.82, 2.24) is 0 Å². The van der Waals surface area contributed by atoms with E-state index in [0.29, 0.717) is 31.3 Å². The number of hydrogen-bond donors (Lipinski definition) is 1. The van der Waals surface area contributed by atoms with Crippen LogP contribution in [0.5, 0.6) is 11.5 Å². The highest BCUT2D eigenvalue weighted by molar-refractivity contribution is 5.85. The van der Waals surface area contributed by atoms with Crippen molar-refractivity contribution in [3.63, 3.8) is 0 Å². The van der Waals surface area contributed by atoms with Crippen molar-refractivity contribution in [2.75, 3.05) is 26.9 Å². The van der Waals surface area contributed by atoms with E-state index in [2.05, 4.69) is 0 Å². The molecule has 0 unspecified atom stereocenters. The van der Waals surface area contributed by atoms with E-state index in [1.54, 1.807) is 25.3 Å². The van der Waals surface area contributed by atoms with Crippen LogP contribution in [-0.2, 0) is 9.53 Å². The molecule has 0 heterocycles. The first-order chi connectivity index (χ1) is 9.67. The molecule has 1 rings (SSSR count). The number of benzene rings is 1. The number of carbonyl (C=O) groups is 1. The Balaban J connectivity index is 2.66. The Morgan fingerprint density at radius 2 is 2.10 bits per heavy atom. The van der Waals surface area contributed by atoms with Gasteiger partial charge in [0.05, 0.1) is 13.7 Å². The third-order valence-electron chi connectivity index (χ3n) is 2.50. The molecule has 1 N–H and O–H groups in total. The zero-order valence-corrected chi connectivity index (χ0v) is 11.8. The highest BCUT2D eigenvalue weighted by atomic mass is 16.5. The summed E-state index contributed by atoms with van der Waals surface area (Å²) in [6, 6.07) is 5.27. The van der Waals surface area contributed by atoms with Crippen LogP contribution >= 0.6 is 0 Å². The molecule has 0 saturated heterocycles. The predicted molar refractivity (Wildman–Crippen MR) is 76.3 cm³/mol. The van der Waals surface area contributed by atoms with Crippen molar-refractivity contribution >= 4 is 12.0 Å². The minimum atomic E-state index is -0.986. The van der Waals surface area contributed by atoms with E-state index < -0.39 is 5.97 Å². The lowest BCUT2D eigenvalue weighted by atomic mass is 10.2. The summed E-state index contributed by atoms with van der Waals surface area (Å²) in [6.45, 7) is 3.81. The topological polar surface area (TPSA) is 65.0 Å². The zero-order valence-electron chi connectivity index (χ0n) is 11.8. The van der Waals surface area contributed by atoms with Gasteiger partial charge in [-0.05, 0) is 30.7 Å². The van der Waals surface area contributed by atoms with Crippen LogP contribution < -0.4 is 9.47 Å². The SMILES string of the molecule is CCOCCCOc1cc(C=CC(=O)O)ccc1OC. The van der Waals surface area contributed by atoms with Crippen molar-refractivity contribution < 1.29 is 24.1 Å². The summed E-state index contributed by atoms with van der Waals surface area (Å²) < 4.78 is 16.1. The number of ether oxygens (including phenoxy) is 3. The molecule has 0 aliphatic rings. The summed E-state index contributed by atoms with van der Waals surface area (Å²) in [7, 11) is 1.56. The maximum Gasteiger partial charge on any atom is 0.328 e. The maximum absolute atomic E-state index is 10.5. The summed E-state index contributed by atoms with van der Waals surface area (Å²) >= 11 is 0. The second-order valence-electron chi connectivity index (χ2n) is 3.98. The monoisotopic (exact) mass is 280 g/mol. The zero-order chi connectivity index (χ0) is 14.8. The van der Waals surface area contributed by atoms with Crippen LogP contribution in [0, 0.1) is 0 Å². The number of carboxylic acids is 1. The molecule has 20 heavy (non-hydrogen) atoms. The first-order valence-corrected chi connectivity index (χ1v) is 6.47. The lowest BCUT2D eigenvalue weighted by Crippen LogP contribution is -2.04. The molecule has 0 aliphatic heterocycles. The molecule has 0 amide bonds. The third-order valence-corrected chi connectivity index (χ3v) is 2.50. The predicted octanol–water partition coefficient (Wildman–Crippen LogP) is 2.60. The van der Waals surface area contributed by atoms with Gasteiger partial charge in [-0.2, -0.15) is 0 Å². The van der Waals surface area contributed by atoms with E-state index in [9.17, 15) is 4.79 Å². The molecule has 0 bridgehead atoms. The van der Waals surface area contributed by atoms with E-state index in [1.807, 2.05) is 6.92 Å². The molecule has 1 aromatic carbocycles. The average molecular weight is 280 g/mol. The Bertz CT molecular complexity index is 454. The van der Waals surface area contributed by atoms with Crippen LogP contribution in [0.15, 0.2) is 24.3 Å². The van der Waals surface area contributed by atoms with E-state index in [-0.39, 0.29) is 0 Å². The number of hydrogen-bond acceptors (Lipinski definition) is 4. The van der Waals surface area contributed by atoms with Gasteiger partial charge in [0.2, 0.25) is 0 Å². The molecule has 110 valence electrons. The van der Waals surface area contributed by atoms with Crippen LogP contribution in [0.3, 0.4) is 0 Å². The van der Waals surface area contributed by atoms with Gasteiger partial charge < -0.3 is 19.3 Å². The maximum atomic E-state index is 10.5. The standard InChI is InChI=1S/C15H20O5/c1-3-19-9-4-10-20-14-11-12(6-8-15(16)17)5-7-13(14)18-2/h5-8,11H,3-4,9-10H2,1-2H3,(H,16,17). The molecule has 0 aliphatic carbocycles. The fourth-order valence-corrected chi connectivity index (χ4v) is 1.56. The van der Waals surface area contributed by atoms with Crippen LogP contribution in [0.25, 0.3) is 6.08 Å². The summed E-state index contributed by atoms with van der Waals surface area (Å²) in [6.07, 6.45) is 3.38.